The van der Waals surface area contributed by atoms with E-state index in [0.29, 0.717) is 11.7 Å². The summed E-state index contributed by atoms with van der Waals surface area (Å²) in [4.78, 5) is 24.7. The lowest BCUT2D eigenvalue weighted by molar-refractivity contribution is -0.132. The lowest BCUT2D eigenvalue weighted by atomic mass is 10.1. The number of benzene rings is 2. The first-order valence-corrected chi connectivity index (χ1v) is 10.5. The Morgan fingerprint density at radius 2 is 1.74 bits per heavy atom. The van der Waals surface area contributed by atoms with Crippen LogP contribution in [0.4, 0.5) is 0 Å². The van der Waals surface area contributed by atoms with Gasteiger partial charge in [0.15, 0.2) is 6.10 Å². The molecule has 1 aromatic heterocycles. The average molecular weight is 423 g/mol. The Labute approximate surface area is 182 Å². The van der Waals surface area contributed by atoms with Crippen molar-refractivity contribution in [3.63, 3.8) is 0 Å². The van der Waals surface area contributed by atoms with Crippen LogP contribution in [0.1, 0.15) is 37.7 Å². The third-order valence-electron chi connectivity index (χ3n) is 5.13. The first-order valence-electron chi connectivity index (χ1n) is 10.5. The fourth-order valence-electron chi connectivity index (χ4n) is 3.45. The monoisotopic (exact) mass is 422 g/mol. The summed E-state index contributed by atoms with van der Waals surface area (Å²) in [6, 6.07) is 13.6. The number of hydrazine groups is 1. The third kappa shape index (κ3) is 5.63. The number of aryl methyl sites for hydroxylation is 1. The van der Waals surface area contributed by atoms with Crippen molar-refractivity contribution >= 4 is 22.6 Å². The smallest absolute Gasteiger partial charge is 0.279 e. The van der Waals surface area contributed by atoms with Gasteiger partial charge in [-0.1, -0.05) is 44.2 Å². The van der Waals surface area contributed by atoms with Crippen molar-refractivity contribution in [3.05, 3.63) is 59.4 Å². The van der Waals surface area contributed by atoms with Gasteiger partial charge in [-0.05, 0) is 49.6 Å². The molecule has 0 radical (unpaired) electrons. The van der Waals surface area contributed by atoms with Gasteiger partial charge in [0.1, 0.15) is 5.75 Å². The minimum atomic E-state index is -0.765. The number of carbonyl (C=O) groups is 2. The molecule has 0 spiro atoms. The maximum atomic E-state index is 12.4. The molecule has 0 fully saturated rings. The second kappa shape index (κ2) is 9.64. The van der Waals surface area contributed by atoms with Gasteiger partial charge in [-0.2, -0.15) is 5.10 Å². The maximum Gasteiger partial charge on any atom is 0.279 e. The van der Waals surface area contributed by atoms with E-state index in [2.05, 4.69) is 29.8 Å². The molecule has 2 N–H and O–H groups in total. The fourth-order valence-corrected chi connectivity index (χ4v) is 3.45. The van der Waals surface area contributed by atoms with Gasteiger partial charge < -0.3 is 4.74 Å². The summed E-state index contributed by atoms with van der Waals surface area (Å²) in [5, 5.41) is 6.66. The molecule has 1 heterocycles. The highest BCUT2D eigenvalue weighted by atomic mass is 16.5. The number of ether oxygens (including phenoxy) is 1. The lowest BCUT2D eigenvalue weighted by Gasteiger charge is -2.15. The SMILES string of the molecule is Cc1nn(CC(C)C)c(C)c1CC(=O)NNC(=O)C(C)Oc1ccc2ccccc2c1. The number of fused-ring (bicyclic) bond motifs is 1. The molecule has 2 aromatic carbocycles. The molecule has 0 bridgehead atoms. The predicted molar refractivity (Wildman–Crippen MR) is 121 cm³/mol. The molecule has 7 heteroatoms. The standard InChI is InChI=1S/C24H30N4O3/c1-15(2)14-28-17(4)22(16(3)27-28)13-23(29)25-26-24(30)18(5)31-21-11-10-19-8-6-7-9-20(19)12-21/h6-12,15,18H,13-14H2,1-5H3,(H,25,29)(H,26,30). The molecule has 31 heavy (non-hydrogen) atoms. The molecule has 0 saturated carbocycles. The summed E-state index contributed by atoms with van der Waals surface area (Å²) in [6.45, 7) is 10.5. The molecule has 0 aliphatic rings. The number of rotatable bonds is 7. The quantitative estimate of drug-likeness (QED) is 0.571. The molecule has 3 rings (SSSR count). The van der Waals surface area contributed by atoms with Crippen LogP contribution < -0.4 is 15.6 Å². The van der Waals surface area contributed by atoms with E-state index in [1.165, 1.54) is 0 Å². The number of amides is 2. The number of hydrogen-bond donors (Lipinski definition) is 2. The highest BCUT2D eigenvalue weighted by Gasteiger charge is 2.18. The van der Waals surface area contributed by atoms with E-state index >= 15 is 0 Å². The summed E-state index contributed by atoms with van der Waals surface area (Å²) >= 11 is 0. The molecule has 164 valence electrons. The van der Waals surface area contributed by atoms with Crippen LogP contribution in [-0.4, -0.2) is 27.7 Å². The van der Waals surface area contributed by atoms with Crippen molar-refractivity contribution in [2.45, 2.75) is 53.7 Å². The maximum absolute atomic E-state index is 12.4. The van der Waals surface area contributed by atoms with Gasteiger partial charge in [0, 0.05) is 17.8 Å². The van der Waals surface area contributed by atoms with Crippen molar-refractivity contribution in [1.82, 2.24) is 20.6 Å². The number of nitrogens with zero attached hydrogens (tertiary/aromatic N) is 2. The topological polar surface area (TPSA) is 85.3 Å². The summed E-state index contributed by atoms with van der Waals surface area (Å²) in [5.74, 6) is 0.326. The van der Waals surface area contributed by atoms with E-state index in [9.17, 15) is 9.59 Å². The van der Waals surface area contributed by atoms with Crippen LogP contribution in [0.25, 0.3) is 10.8 Å². The van der Waals surface area contributed by atoms with Crippen molar-refractivity contribution in [2.75, 3.05) is 0 Å². The van der Waals surface area contributed by atoms with Gasteiger partial charge in [-0.25, -0.2) is 0 Å². The van der Waals surface area contributed by atoms with Gasteiger partial charge >= 0.3 is 0 Å². The minimum Gasteiger partial charge on any atom is -0.481 e. The molecule has 3 aromatic rings. The molecule has 0 aliphatic carbocycles. The van der Waals surface area contributed by atoms with Crippen molar-refractivity contribution < 1.29 is 14.3 Å². The van der Waals surface area contributed by atoms with Crippen molar-refractivity contribution in [3.8, 4) is 5.75 Å². The Morgan fingerprint density at radius 3 is 2.45 bits per heavy atom. The van der Waals surface area contributed by atoms with E-state index in [1.54, 1.807) is 6.92 Å². The molecule has 7 nitrogen and oxygen atoms in total. The molecule has 0 saturated heterocycles. The Morgan fingerprint density at radius 1 is 1.03 bits per heavy atom. The molecular weight excluding hydrogens is 392 g/mol. The summed E-state index contributed by atoms with van der Waals surface area (Å²) in [6.07, 6.45) is -0.616. The number of nitrogens with one attached hydrogen (secondary N) is 2. The van der Waals surface area contributed by atoms with Crippen molar-refractivity contribution in [1.29, 1.82) is 0 Å². The molecule has 2 amide bonds. The van der Waals surface area contributed by atoms with Crippen LogP contribution >= 0.6 is 0 Å². The van der Waals surface area contributed by atoms with E-state index in [0.717, 1.165) is 34.3 Å². The average Bonchev–Trinajstić information content (AvgIpc) is 2.98. The normalized spacial score (nSPS) is 12.1. The highest BCUT2D eigenvalue weighted by molar-refractivity contribution is 5.86. The van der Waals surface area contributed by atoms with Gasteiger partial charge in [-0.3, -0.25) is 25.1 Å². The zero-order chi connectivity index (χ0) is 22.5. The fraction of sp³-hybridized carbons (Fsp3) is 0.375. The van der Waals surface area contributed by atoms with Gasteiger partial charge in [-0.15, -0.1) is 0 Å². The van der Waals surface area contributed by atoms with Crippen LogP contribution in [0.3, 0.4) is 0 Å². The molecule has 1 unspecified atom stereocenters. The molecular formula is C24H30N4O3. The lowest BCUT2D eigenvalue weighted by Crippen LogP contribution is -2.47. The van der Waals surface area contributed by atoms with Gasteiger partial charge in [0.05, 0.1) is 12.1 Å². The van der Waals surface area contributed by atoms with E-state index in [-0.39, 0.29) is 12.3 Å². The van der Waals surface area contributed by atoms with Crippen LogP contribution in [0, 0.1) is 19.8 Å². The van der Waals surface area contributed by atoms with Gasteiger partial charge in [0.2, 0.25) is 5.91 Å². The minimum absolute atomic E-state index is 0.149. The summed E-state index contributed by atoms with van der Waals surface area (Å²) in [7, 11) is 0. The zero-order valence-corrected chi connectivity index (χ0v) is 18.7. The van der Waals surface area contributed by atoms with Crippen LogP contribution in [0.5, 0.6) is 5.75 Å². The summed E-state index contributed by atoms with van der Waals surface area (Å²) < 4.78 is 7.67. The number of aromatic nitrogens is 2. The first-order chi connectivity index (χ1) is 14.7. The van der Waals surface area contributed by atoms with E-state index < -0.39 is 12.0 Å². The molecule has 1 atom stereocenters. The number of hydrogen-bond acceptors (Lipinski definition) is 4. The van der Waals surface area contributed by atoms with Crippen LogP contribution in [0.15, 0.2) is 42.5 Å². The van der Waals surface area contributed by atoms with Crippen LogP contribution in [0.2, 0.25) is 0 Å². The second-order valence-corrected chi connectivity index (χ2v) is 8.21. The largest absolute Gasteiger partial charge is 0.481 e. The molecule has 0 aliphatic heterocycles. The first kappa shape index (κ1) is 22.3. The van der Waals surface area contributed by atoms with Gasteiger partial charge in [0.25, 0.3) is 5.91 Å². The zero-order valence-electron chi connectivity index (χ0n) is 18.7. The number of carbonyl (C=O) groups excluding carboxylic acids is 2. The van der Waals surface area contributed by atoms with E-state index in [4.69, 9.17) is 4.74 Å². The summed E-state index contributed by atoms with van der Waals surface area (Å²) in [5.41, 5.74) is 7.60. The predicted octanol–water partition coefficient (Wildman–Crippen LogP) is 3.47. The highest BCUT2D eigenvalue weighted by Crippen LogP contribution is 2.21. The Balaban J connectivity index is 1.53. The van der Waals surface area contributed by atoms with Crippen LogP contribution in [-0.2, 0) is 22.6 Å². The van der Waals surface area contributed by atoms with Crippen molar-refractivity contribution in [2.24, 2.45) is 5.92 Å². The Hall–Kier alpha value is -3.35. The Bertz CT molecular complexity index is 1090. The van der Waals surface area contributed by atoms with E-state index in [1.807, 2.05) is 61.0 Å². The third-order valence-corrected chi connectivity index (χ3v) is 5.13. The second-order valence-electron chi connectivity index (χ2n) is 8.21. The Kier molecular flexibility index (Phi) is 6.95.